The molecule has 1 aliphatic rings. The van der Waals surface area contributed by atoms with Crippen LogP contribution in [0.3, 0.4) is 0 Å². The molecule has 2 N–H and O–H groups in total. The van der Waals surface area contributed by atoms with Crippen molar-refractivity contribution in [2.75, 3.05) is 13.1 Å². The molecule has 1 saturated carbocycles. The van der Waals surface area contributed by atoms with Crippen LogP contribution in [0.1, 0.15) is 18.5 Å². The van der Waals surface area contributed by atoms with Gasteiger partial charge in [-0.1, -0.05) is 12.1 Å². The van der Waals surface area contributed by atoms with E-state index < -0.39 is 0 Å². The molecule has 5 nitrogen and oxygen atoms in total. The van der Waals surface area contributed by atoms with Gasteiger partial charge in [-0.15, -0.1) is 6.58 Å². The van der Waals surface area contributed by atoms with Crippen LogP contribution in [0.2, 0.25) is 0 Å². The number of hydrogen-bond acceptors (Lipinski definition) is 2. The van der Waals surface area contributed by atoms with Gasteiger partial charge < -0.3 is 15.0 Å². The lowest BCUT2D eigenvalue weighted by Gasteiger charge is -2.09. The lowest BCUT2D eigenvalue weighted by molar-refractivity contribution is 0.819. The zero-order valence-corrected chi connectivity index (χ0v) is 12.1. The van der Waals surface area contributed by atoms with Gasteiger partial charge in [0.05, 0.1) is 5.69 Å². The first-order valence-electron chi connectivity index (χ1n) is 7.43. The lowest BCUT2D eigenvalue weighted by atomic mass is 10.3. The zero-order chi connectivity index (χ0) is 14.5. The summed E-state index contributed by atoms with van der Waals surface area (Å²) in [6.07, 6.45) is 9.23. The number of guanidine groups is 1. The Morgan fingerprint density at radius 3 is 3.14 bits per heavy atom. The fourth-order valence-corrected chi connectivity index (χ4v) is 2.13. The van der Waals surface area contributed by atoms with Crippen LogP contribution in [-0.2, 0) is 6.42 Å². The Kier molecular flexibility index (Phi) is 4.19. The highest BCUT2D eigenvalue weighted by Crippen LogP contribution is 2.18. The fraction of sp³-hybridized carbons (Fsp3) is 0.375. The van der Waals surface area contributed by atoms with Crippen molar-refractivity contribution in [1.29, 1.82) is 0 Å². The van der Waals surface area contributed by atoms with Gasteiger partial charge in [0, 0.05) is 37.9 Å². The Hall–Kier alpha value is -2.30. The number of fused-ring (bicyclic) bond motifs is 1. The average Bonchev–Trinajstić information content (AvgIpc) is 3.21. The third-order valence-electron chi connectivity index (χ3n) is 3.38. The van der Waals surface area contributed by atoms with E-state index in [9.17, 15) is 0 Å². The van der Waals surface area contributed by atoms with Gasteiger partial charge in [0.25, 0.3) is 0 Å². The summed E-state index contributed by atoms with van der Waals surface area (Å²) >= 11 is 0. The van der Waals surface area contributed by atoms with Crippen LogP contribution >= 0.6 is 0 Å². The third kappa shape index (κ3) is 3.84. The van der Waals surface area contributed by atoms with Crippen LogP contribution in [0.5, 0.6) is 0 Å². The highest BCUT2D eigenvalue weighted by molar-refractivity contribution is 5.80. The molecule has 2 heterocycles. The highest BCUT2D eigenvalue weighted by Gasteiger charge is 2.22. The molecule has 1 aliphatic carbocycles. The molecule has 0 saturated heterocycles. The van der Waals surface area contributed by atoms with Crippen molar-refractivity contribution < 1.29 is 0 Å². The van der Waals surface area contributed by atoms with Gasteiger partial charge in [-0.25, -0.2) is 4.98 Å². The van der Waals surface area contributed by atoms with E-state index in [2.05, 4.69) is 33.4 Å². The predicted octanol–water partition coefficient (Wildman–Crippen LogP) is 1.76. The molecule has 0 spiro atoms. The molecule has 0 aliphatic heterocycles. The summed E-state index contributed by atoms with van der Waals surface area (Å²) in [6.45, 7) is 5.18. The van der Waals surface area contributed by atoms with Gasteiger partial charge in [-0.05, 0) is 25.0 Å². The minimum atomic E-state index is 0.594. The summed E-state index contributed by atoms with van der Waals surface area (Å²) in [5.74, 6) is 0.876. The molecule has 0 amide bonds. The maximum Gasteiger partial charge on any atom is 0.191 e. The van der Waals surface area contributed by atoms with Crippen molar-refractivity contribution in [2.45, 2.75) is 25.3 Å². The van der Waals surface area contributed by atoms with Crippen molar-refractivity contribution in [2.24, 2.45) is 4.99 Å². The van der Waals surface area contributed by atoms with Gasteiger partial charge in [-0.2, -0.15) is 0 Å². The summed E-state index contributed by atoms with van der Waals surface area (Å²) in [6, 6.07) is 6.61. The van der Waals surface area contributed by atoms with Gasteiger partial charge in [0.2, 0.25) is 0 Å². The van der Waals surface area contributed by atoms with E-state index in [1.165, 1.54) is 12.8 Å². The van der Waals surface area contributed by atoms with Crippen LogP contribution in [0.15, 0.2) is 48.2 Å². The number of rotatable bonds is 6. The smallest absolute Gasteiger partial charge is 0.191 e. The van der Waals surface area contributed by atoms with E-state index in [0.717, 1.165) is 36.8 Å². The molecule has 2 aromatic heterocycles. The Labute approximate surface area is 124 Å². The number of nitrogens with zero attached hydrogens (tertiary/aromatic N) is 3. The van der Waals surface area contributed by atoms with Crippen LogP contribution in [0, 0.1) is 0 Å². The maximum atomic E-state index is 4.60. The number of nitrogens with one attached hydrogen (secondary N) is 2. The molecular weight excluding hydrogens is 262 g/mol. The Balaban J connectivity index is 1.58. The Morgan fingerprint density at radius 2 is 2.38 bits per heavy atom. The Bertz CT molecular complexity index is 606. The van der Waals surface area contributed by atoms with E-state index >= 15 is 0 Å². The molecule has 2 aromatic rings. The number of imidazole rings is 1. The molecule has 0 radical (unpaired) electrons. The average molecular weight is 283 g/mol. The van der Waals surface area contributed by atoms with Crippen molar-refractivity contribution >= 4 is 11.6 Å². The molecular formula is C16H21N5. The zero-order valence-electron chi connectivity index (χ0n) is 12.1. The van der Waals surface area contributed by atoms with Crippen LogP contribution in [0.25, 0.3) is 5.65 Å². The van der Waals surface area contributed by atoms with E-state index in [0.29, 0.717) is 6.04 Å². The van der Waals surface area contributed by atoms with Crippen LogP contribution < -0.4 is 10.6 Å². The monoisotopic (exact) mass is 283 g/mol. The van der Waals surface area contributed by atoms with Gasteiger partial charge >= 0.3 is 0 Å². The number of hydrogen-bond donors (Lipinski definition) is 2. The topological polar surface area (TPSA) is 53.7 Å². The minimum Gasteiger partial charge on any atom is -0.354 e. The molecule has 1 fully saturated rings. The molecule has 0 atom stereocenters. The summed E-state index contributed by atoms with van der Waals surface area (Å²) in [7, 11) is 0. The van der Waals surface area contributed by atoms with Crippen molar-refractivity contribution in [3.8, 4) is 0 Å². The first-order chi connectivity index (χ1) is 10.3. The molecule has 0 aromatic carbocycles. The van der Waals surface area contributed by atoms with Gasteiger partial charge in [-0.3, -0.25) is 4.99 Å². The minimum absolute atomic E-state index is 0.594. The number of aromatic nitrogens is 2. The van der Waals surface area contributed by atoms with E-state index in [4.69, 9.17) is 0 Å². The largest absolute Gasteiger partial charge is 0.354 e. The molecule has 0 unspecified atom stereocenters. The molecule has 110 valence electrons. The van der Waals surface area contributed by atoms with E-state index in [1.54, 1.807) is 0 Å². The Morgan fingerprint density at radius 1 is 1.48 bits per heavy atom. The molecule has 0 bridgehead atoms. The third-order valence-corrected chi connectivity index (χ3v) is 3.38. The second-order valence-corrected chi connectivity index (χ2v) is 5.27. The van der Waals surface area contributed by atoms with Crippen LogP contribution in [-0.4, -0.2) is 34.5 Å². The fourth-order valence-electron chi connectivity index (χ4n) is 2.13. The summed E-state index contributed by atoms with van der Waals surface area (Å²) in [4.78, 5) is 9.19. The maximum absolute atomic E-state index is 4.60. The second-order valence-electron chi connectivity index (χ2n) is 5.27. The van der Waals surface area contributed by atoms with Gasteiger partial charge in [0.15, 0.2) is 5.96 Å². The quantitative estimate of drug-likeness (QED) is 0.482. The van der Waals surface area contributed by atoms with Crippen LogP contribution in [0.4, 0.5) is 0 Å². The standard InChI is InChI=1S/C16H21N5/c1-2-9-17-16(20-13-6-7-13)18-10-8-14-12-21-11-4-3-5-15(21)19-14/h2-5,11-13H,1,6-10H2,(H2,17,18,20). The predicted molar refractivity (Wildman–Crippen MR) is 85.6 cm³/mol. The lowest BCUT2D eigenvalue weighted by Crippen LogP contribution is -2.38. The van der Waals surface area contributed by atoms with E-state index in [-0.39, 0.29) is 0 Å². The molecule has 21 heavy (non-hydrogen) atoms. The molecule has 5 heteroatoms. The SMILES string of the molecule is C=CCNC(=NCCc1cn2ccccc2n1)NC1CC1. The number of pyridine rings is 1. The van der Waals surface area contributed by atoms with Crippen molar-refractivity contribution in [3.63, 3.8) is 0 Å². The first-order valence-corrected chi connectivity index (χ1v) is 7.43. The summed E-state index contributed by atoms with van der Waals surface area (Å²) < 4.78 is 2.04. The van der Waals surface area contributed by atoms with Gasteiger partial charge in [0.1, 0.15) is 5.65 Å². The highest BCUT2D eigenvalue weighted by atomic mass is 15.2. The number of aliphatic imine (C=N–C) groups is 1. The first kappa shape index (κ1) is 13.7. The summed E-state index contributed by atoms with van der Waals surface area (Å²) in [5, 5.41) is 6.65. The normalized spacial score (nSPS) is 15.1. The second kappa shape index (κ2) is 6.43. The molecule has 3 rings (SSSR count). The van der Waals surface area contributed by atoms with Crippen molar-refractivity contribution in [3.05, 3.63) is 48.9 Å². The summed E-state index contributed by atoms with van der Waals surface area (Å²) in [5.41, 5.74) is 2.05. The van der Waals surface area contributed by atoms with E-state index in [1.807, 2.05) is 34.9 Å². The van der Waals surface area contributed by atoms with Crippen molar-refractivity contribution in [1.82, 2.24) is 20.0 Å².